The van der Waals surface area contributed by atoms with Crippen LogP contribution in [0.15, 0.2) is 28.9 Å². The molecule has 34 heavy (non-hydrogen) atoms. The standard InChI is InChI=1S/C23H28BrN5O2.C2H6.CH4/c1-14-19(24)20(15-6-7-18-16(8-15)11-25-27(18)5)26-29(14)17-9-23(10-17)12-28(13-23)21(30)31-22(2,3)4;1-2;/h6-8,11,17H,9-10,12-13H2,1-5H3;1-2H3;1H4. The van der Waals surface area contributed by atoms with Crippen molar-refractivity contribution in [2.75, 3.05) is 13.1 Å². The topological polar surface area (TPSA) is 65.2 Å². The normalized spacial score (nSPS) is 16.9. The van der Waals surface area contributed by atoms with E-state index in [9.17, 15) is 4.79 Å². The molecule has 1 amide bonds. The van der Waals surface area contributed by atoms with E-state index in [4.69, 9.17) is 9.84 Å². The third-order valence-electron chi connectivity index (χ3n) is 6.48. The van der Waals surface area contributed by atoms with Crippen molar-refractivity contribution in [3.05, 3.63) is 34.6 Å². The number of benzene rings is 1. The van der Waals surface area contributed by atoms with Crippen LogP contribution in [0.3, 0.4) is 0 Å². The Hall–Kier alpha value is -2.35. The molecule has 1 aliphatic carbocycles. The summed E-state index contributed by atoms with van der Waals surface area (Å²) in [6, 6.07) is 6.71. The van der Waals surface area contributed by atoms with Gasteiger partial charge in [0.2, 0.25) is 0 Å². The molecule has 2 aromatic heterocycles. The van der Waals surface area contributed by atoms with Crippen molar-refractivity contribution in [2.45, 2.75) is 73.5 Å². The second-order valence-corrected chi connectivity index (χ2v) is 10.9. The number of hydrogen-bond donors (Lipinski definition) is 0. The summed E-state index contributed by atoms with van der Waals surface area (Å²) in [5.74, 6) is 0. The summed E-state index contributed by atoms with van der Waals surface area (Å²) in [6.45, 7) is 13.4. The molecular formula is C26H38BrN5O2. The van der Waals surface area contributed by atoms with Crippen LogP contribution in [0.2, 0.25) is 0 Å². The van der Waals surface area contributed by atoms with Crippen LogP contribution in [0.1, 0.15) is 66.6 Å². The molecule has 3 heterocycles. The zero-order valence-corrected chi connectivity index (χ0v) is 22.2. The molecule has 186 valence electrons. The second-order valence-electron chi connectivity index (χ2n) is 10.1. The summed E-state index contributed by atoms with van der Waals surface area (Å²) in [5.41, 5.74) is 4.08. The fraction of sp³-hybridized carbons (Fsp3) is 0.577. The molecule has 1 saturated heterocycles. The van der Waals surface area contributed by atoms with Gasteiger partial charge in [-0.1, -0.05) is 27.3 Å². The lowest BCUT2D eigenvalue weighted by Crippen LogP contribution is -2.64. The Kier molecular flexibility index (Phi) is 7.23. The molecule has 5 rings (SSSR count). The molecule has 7 nitrogen and oxygen atoms in total. The minimum atomic E-state index is -0.449. The van der Waals surface area contributed by atoms with Gasteiger partial charge >= 0.3 is 6.09 Å². The van der Waals surface area contributed by atoms with E-state index in [1.807, 2.05) is 57.4 Å². The quantitative estimate of drug-likeness (QED) is 0.367. The summed E-state index contributed by atoms with van der Waals surface area (Å²) in [4.78, 5) is 14.1. The molecule has 3 aromatic rings. The van der Waals surface area contributed by atoms with Crippen LogP contribution in [-0.2, 0) is 11.8 Å². The van der Waals surface area contributed by atoms with Crippen LogP contribution in [0.4, 0.5) is 4.79 Å². The van der Waals surface area contributed by atoms with E-state index >= 15 is 0 Å². The molecule has 1 spiro atoms. The van der Waals surface area contributed by atoms with E-state index in [-0.39, 0.29) is 18.9 Å². The summed E-state index contributed by atoms with van der Waals surface area (Å²) in [5, 5.41) is 10.4. The van der Waals surface area contributed by atoms with E-state index in [1.54, 1.807) is 0 Å². The Bertz CT molecular complexity index is 1180. The summed E-state index contributed by atoms with van der Waals surface area (Å²) < 4.78 is 10.6. The molecule has 1 saturated carbocycles. The zero-order valence-electron chi connectivity index (χ0n) is 20.6. The minimum Gasteiger partial charge on any atom is -0.444 e. The Morgan fingerprint density at radius 3 is 2.47 bits per heavy atom. The van der Waals surface area contributed by atoms with Crippen molar-refractivity contribution in [1.82, 2.24) is 24.5 Å². The van der Waals surface area contributed by atoms with Crippen LogP contribution in [0, 0.1) is 12.3 Å². The van der Waals surface area contributed by atoms with E-state index in [1.165, 1.54) is 0 Å². The first kappa shape index (κ1) is 26.3. The predicted molar refractivity (Wildman–Crippen MR) is 141 cm³/mol. The Balaban J connectivity index is 0.00000105. The lowest BCUT2D eigenvalue weighted by molar-refractivity contribution is -0.0930. The van der Waals surface area contributed by atoms with Gasteiger partial charge in [-0.2, -0.15) is 10.2 Å². The second kappa shape index (κ2) is 9.36. The maximum Gasteiger partial charge on any atom is 0.410 e. The van der Waals surface area contributed by atoms with Gasteiger partial charge in [-0.05, 0) is 68.6 Å². The number of fused-ring (bicyclic) bond motifs is 1. The molecule has 2 aliphatic rings. The van der Waals surface area contributed by atoms with Gasteiger partial charge in [0.1, 0.15) is 11.3 Å². The van der Waals surface area contributed by atoms with E-state index in [2.05, 4.69) is 50.8 Å². The molecule has 0 N–H and O–H groups in total. The van der Waals surface area contributed by atoms with Crippen molar-refractivity contribution < 1.29 is 9.53 Å². The highest BCUT2D eigenvalue weighted by Gasteiger charge is 2.55. The maximum atomic E-state index is 12.2. The predicted octanol–water partition coefficient (Wildman–Crippen LogP) is 6.74. The summed E-state index contributed by atoms with van der Waals surface area (Å²) in [6.07, 6.45) is 3.77. The van der Waals surface area contributed by atoms with Crippen LogP contribution in [0.5, 0.6) is 0 Å². The third kappa shape index (κ3) is 4.61. The molecule has 0 unspecified atom stereocenters. The monoisotopic (exact) mass is 531 g/mol. The maximum absolute atomic E-state index is 12.2. The molecule has 0 atom stereocenters. The molecule has 8 heteroatoms. The number of carbonyl (C=O) groups is 1. The highest BCUT2D eigenvalue weighted by Crippen LogP contribution is 2.55. The van der Waals surface area contributed by atoms with Crippen LogP contribution in [0.25, 0.3) is 22.2 Å². The van der Waals surface area contributed by atoms with Gasteiger partial charge in [-0.3, -0.25) is 9.36 Å². The molecule has 1 aliphatic heterocycles. The molecule has 0 radical (unpaired) electrons. The number of ether oxygens (including phenoxy) is 1. The van der Waals surface area contributed by atoms with E-state index in [0.717, 1.165) is 58.3 Å². The van der Waals surface area contributed by atoms with Gasteiger partial charge in [-0.25, -0.2) is 4.79 Å². The van der Waals surface area contributed by atoms with E-state index < -0.39 is 5.60 Å². The lowest BCUT2D eigenvalue weighted by atomic mass is 9.61. The molecule has 0 bridgehead atoms. The zero-order chi connectivity index (χ0) is 24.1. The highest BCUT2D eigenvalue weighted by molar-refractivity contribution is 9.10. The third-order valence-corrected chi connectivity index (χ3v) is 7.43. The van der Waals surface area contributed by atoms with Gasteiger partial charge in [0.05, 0.1) is 27.9 Å². The summed E-state index contributed by atoms with van der Waals surface area (Å²) in [7, 11) is 1.95. The first-order valence-corrected chi connectivity index (χ1v) is 12.5. The van der Waals surface area contributed by atoms with Gasteiger partial charge in [0, 0.05) is 36.5 Å². The van der Waals surface area contributed by atoms with Gasteiger partial charge in [0.25, 0.3) is 0 Å². The SMILES string of the molecule is C.CC.Cc1c(Br)c(-c2ccc3c(cnn3C)c2)nn1C1CC2(C1)CN(C(=O)OC(C)(C)C)C2. The van der Waals surface area contributed by atoms with Crippen molar-refractivity contribution in [1.29, 1.82) is 0 Å². The molecular weight excluding hydrogens is 494 g/mol. The number of aryl methyl sites for hydroxylation is 1. The van der Waals surface area contributed by atoms with Crippen molar-refractivity contribution in [3.63, 3.8) is 0 Å². The van der Waals surface area contributed by atoms with Crippen LogP contribution >= 0.6 is 15.9 Å². The molecule has 1 aromatic carbocycles. The Morgan fingerprint density at radius 2 is 1.85 bits per heavy atom. The first-order valence-electron chi connectivity index (χ1n) is 11.7. The number of nitrogens with zero attached hydrogens (tertiary/aromatic N) is 5. The van der Waals surface area contributed by atoms with Crippen molar-refractivity contribution >= 4 is 32.9 Å². The Morgan fingerprint density at radius 1 is 1.21 bits per heavy atom. The largest absolute Gasteiger partial charge is 0.444 e. The fourth-order valence-electron chi connectivity index (χ4n) is 4.94. The van der Waals surface area contributed by atoms with Crippen LogP contribution < -0.4 is 0 Å². The fourth-order valence-corrected chi connectivity index (χ4v) is 5.43. The molecule has 2 fully saturated rings. The highest BCUT2D eigenvalue weighted by atomic mass is 79.9. The first-order chi connectivity index (χ1) is 15.6. The summed E-state index contributed by atoms with van der Waals surface area (Å²) >= 11 is 3.77. The number of hydrogen-bond acceptors (Lipinski definition) is 4. The average Bonchev–Trinajstić information content (AvgIpc) is 3.20. The van der Waals surface area contributed by atoms with Gasteiger partial charge < -0.3 is 9.64 Å². The number of amides is 1. The minimum absolute atomic E-state index is 0. The smallest absolute Gasteiger partial charge is 0.410 e. The number of halogens is 1. The van der Waals surface area contributed by atoms with Crippen LogP contribution in [-0.4, -0.2) is 49.2 Å². The number of rotatable bonds is 2. The lowest BCUT2D eigenvalue weighted by Gasteiger charge is -2.58. The Labute approximate surface area is 211 Å². The number of aromatic nitrogens is 4. The average molecular weight is 533 g/mol. The van der Waals surface area contributed by atoms with Crippen molar-refractivity contribution in [3.8, 4) is 11.3 Å². The number of likely N-dealkylation sites (tertiary alicyclic amines) is 1. The van der Waals surface area contributed by atoms with Gasteiger partial charge in [-0.15, -0.1) is 0 Å². The number of carbonyl (C=O) groups excluding carboxylic acids is 1. The van der Waals surface area contributed by atoms with Gasteiger partial charge in [0.15, 0.2) is 0 Å². The van der Waals surface area contributed by atoms with Crippen molar-refractivity contribution in [2.24, 2.45) is 12.5 Å². The van der Waals surface area contributed by atoms with E-state index in [0.29, 0.717) is 6.04 Å².